The minimum Gasteiger partial charge on any atom is -0.462 e. The first-order chi connectivity index (χ1) is 18.9. The predicted molar refractivity (Wildman–Crippen MR) is 153 cm³/mol. The van der Waals surface area contributed by atoms with Crippen LogP contribution in [0.2, 0.25) is 5.02 Å². The lowest BCUT2D eigenvalue weighted by Crippen LogP contribution is -2.25. The van der Waals surface area contributed by atoms with Gasteiger partial charge in [0.2, 0.25) is 5.91 Å². The maximum absolute atomic E-state index is 12.8. The second-order valence-electron chi connectivity index (χ2n) is 8.92. The van der Waals surface area contributed by atoms with Crippen LogP contribution < -0.4 is 5.32 Å². The molecule has 2 atom stereocenters. The number of amidine groups is 1. The number of esters is 1. The topological polar surface area (TPSA) is 100 Å². The third kappa shape index (κ3) is 6.21. The number of benzene rings is 3. The number of halogens is 1. The minimum atomic E-state index is -0.666. The molecule has 10 heteroatoms. The molecule has 0 bridgehead atoms. The van der Waals surface area contributed by atoms with E-state index >= 15 is 0 Å². The van der Waals surface area contributed by atoms with Gasteiger partial charge in [-0.1, -0.05) is 65.8 Å². The molecule has 0 saturated carbocycles. The summed E-state index contributed by atoms with van der Waals surface area (Å²) in [5, 5.41) is 9.83. The zero-order chi connectivity index (χ0) is 27.4. The highest BCUT2D eigenvalue weighted by Gasteiger charge is 2.39. The molecule has 3 aromatic rings. The fraction of sp³-hybridized carbons (Fsp3) is 0.207. The zero-order valence-corrected chi connectivity index (χ0v) is 22.6. The van der Waals surface area contributed by atoms with Gasteiger partial charge in [0, 0.05) is 23.6 Å². The Bertz CT molecular complexity index is 1440. The number of hydrogen-bond acceptors (Lipinski definition) is 7. The molecule has 3 aromatic carbocycles. The van der Waals surface area contributed by atoms with Crippen LogP contribution in [0.5, 0.6) is 0 Å². The molecular formula is C29H25ClN4O4S. The lowest BCUT2D eigenvalue weighted by molar-refractivity contribution is -0.121. The standard InChI is InChI=1S/C29H25ClN4O4S/c1-2-38-28(37)20-10-14-22(15-11-20)31-26(35)17-25-27(36)32-29(39-25)34-24(19-8-12-21(30)13-9-19)16-23(33-34)18-6-4-3-5-7-18/h3-15,24-25H,2,16-17H2,1H3,(H,31,35)/t24-,25-/m0/s1. The van der Waals surface area contributed by atoms with E-state index in [1.807, 2.05) is 54.6 Å². The summed E-state index contributed by atoms with van der Waals surface area (Å²) in [7, 11) is 0. The number of thioether (sulfide) groups is 1. The lowest BCUT2D eigenvalue weighted by Gasteiger charge is -2.23. The number of amides is 2. The summed E-state index contributed by atoms with van der Waals surface area (Å²) in [6.07, 6.45) is 0.581. The van der Waals surface area contributed by atoms with Gasteiger partial charge >= 0.3 is 5.97 Å². The van der Waals surface area contributed by atoms with Gasteiger partial charge in [-0.05, 0) is 54.4 Å². The van der Waals surface area contributed by atoms with E-state index in [4.69, 9.17) is 21.4 Å². The van der Waals surface area contributed by atoms with E-state index < -0.39 is 11.2 Å². The molecule has 2 heterocycles. The summed E-state index contributed by atoms with van der Waals surface area (Å²) in [5.74, 6) is -1.13. The first-order valence-electron chi connectivity index (χ1n) is 12.4. The van der Waals surface area contributed by atoms with Crippen LogP contribution in [0.15, 0.2) is 89.0 Å². The molecular weight excluding hydrogens is 536 g/mol. The maximum Gasteiger partial charge on any atom is 0.338 e. The molecule has 0 saturated heterocycles. The highest BCUT2D eigenvalue weighted by Crippen LogP contribution is 2.38. The Morgan fingerprint density at radius 1 is 1.05 bits per heavy atom. The fourth-order valence-corrected chi connectivity index (χ4v) is 5.51. The van der Waals surface area contributed by atoms with Gasteiger partial charge in [0.1, 0.15) is 5.25 Å². The van der Waals surface area contributed by atoms with E-state index in [1.165, 1.54) is 11.8 Å². The summed E-state index contributed by atoms with van der Waals surface area (Å²) in [4.78, 5) is 41.7. The zero-order valence-electron chi connectivity index (χ0n) is 21.0. The number of rotatable bonds is 7. The van der Waals surface area contributed by atoms with Crippen LogP contribution in [0.3, 0.4) is 0 Å². The highest BCUT2D eigenvalue weighted by atomic mass is 35.5. The summed E-state index contributed by atoms with van der Waals surface area (Å²) < 4.78 is 4.98. The average molecular weight is 561 g/mol. The number of hydrogen-bond donors (Lipinski definition) is 1. The van der Waals surface area contributed by atoms with Crippen molar-refractivity contribution in [3.63, 3.8) is 0 Å². The Labute approximate surface area is 235 Å². The van der Waals surface area contributed by atoms with E-state index in [-0.39, 0.29) is 30.9 Å². The smallest absolute Gasteiger partial charge is 0.338 e. The molecule has 0 unspecified atom stereocenters. The summed E-state index contributed by atoms with van der Waals surface area (Å²) in [6.45, 7) is 2.02. The second-order valence-corrected chi connectivity index (χ2v) is 10.5. The number of anilines is 1. The highest BCUT2D eigenvalue weighted by molar-refractivity contribution is 8.15. The van der Waals surface area contributed by atoms with Crippen molar-refractivity contribution in [2.75, 3.05) is 11.9 Å². The van der Waals surface area contributed by atoms with Crippen LogP contribution in [0, 0.1) is 0 Å². The van der Waals surface area contributed by atoms with Gasteiger partial charge in [-0.3, -0.25) is 9.59 Å². The molecule has 39 heavy (non-hydrogen) atoms. The van der Waals surface area contributed by atoms with Gasteiger partial charge in [0.05, 0.1) is 23.9 Å². The number of nitrogens with zero attached hydrogens (tertiary/aromatic N) is 3. The van der Waals surface area contributed by atoms with Gasteiger partial charge in [-0.2, -0.15) is 10.1 Å². The quantitative estimate of drug-likeness (QED) is 0.372. The van der Waals surface area contributed by atoms with E-state index in [9.17, 15) is 14.4 Å². The van der Waals surface area contributed by atoms with Crippen molar-refractivity contribution in [3.8, 4) is 0 Å². The maximum atomic E-state index is 12.8. The van der Waals surface area contributed by atoms with Crippen LogP contribution in [-0.4, -0.2) is 45.5 Å². The Morgan fingerprint density at radius 3 is 2.46 bits per heavy atom. The molecule has 0 fully saturated rings. The molecule has 0 radical (unpaired) electrons. The molecule has 0 spiro atoms. The summed E-state index contributed by atoms with van der Waals surface area (Å²) in [5.41, 5.74) is 3.80. The van der Waals surface area contributed by atoms with Gasteiger partial charge in [0.25, 0.3) is 5.91 Å². The Balaban J connectivity index is 1.28. The third-order valence-electron chi connectivity index (χ3n) is 6.25. The van der Waals surface area contributed by atoms with E-state index in [0.717, 1.165) is 16.8 Å². The lowest BCUT2D eigenvalue weighted by atomic mass is 9.99. The van der Waals surface area contributed by atoms with Gasteiger partial charge in [-0.15, -0.1) is 0 Å². The largest absolute Gasteiger partial charge is 0.462 e. The van der Waals surface area contributed by atoms with Crippen molar-refractivity contribution in [1.29, 1.82) is 0 Å². The van der Waals surface area contributed by atoms with Crippen molar-refractivity contribution < 1.29 is 19.1 Å². The molecule has 0 aromatic heterocycles. The number of carbonyl (C=O) groups excluding carboxylic acids is 3. The van der Waals surface area contributed by atoms with E-state index in [1.54, 1.807) is 36.2 Å². The van der Waals surface area contributed by atoms with E-state index in [2.05, 4.69) is 10.3 Å². The number of aliphatic imine (C=N–C) groups is 1. The normalized spacial score (nSPS) is 18.5. The summed E-state index contributed by atoms with van der Waals surface area (Å²) >= 11 is 7.35. The summed E-state index contributed by atoms with van der Waals surface area (Å²) in [6, 6.07) is 23.7. The van der Waals surface area contributed by atoms with Crippen LogP contribution in [0.25, 0.3) is 0 Å². The van der Waals surface area contributed by atoms with E-state index in [0.29, 0.717) is 27.9 Å². The van der Waals surface area contributed by atoms with Crippen molar-refractivity contribution in [2.45, 2.75) is 31.1 Å². The monoisotopic (exact) mass is 560 g/mol. The Morgan fingerprint density at radius 2 is 1.77 bits per heavy atom. The third-order valence-corrected chi connectivity index (χ3v) is 7.64. The molecule has 2 amide bonds. The van der Waals surface area contributed by atoms with Crippen LogP contribution in [-0.2, 0) is 14.3 Å². The molecule has 8 nitrogen and oxygen atoms in total. The molecule has 5 rings (SSSR count). The first kappa shape index (κ1) is 26.6. The molecule has 1 N–H and O–H groups in total. The Hall–Kier alpha value is -3.95. The van der Waals surface area contributed by atoms with Crippen molar-refractivity contribution in [2.24, 2.45) is 10.1 Å². The molecule has 2 aliphatic heterocycles. The van der Waals surface area contributed by atoms with Crippen LogP contribution in [0.1, 0.15) is 47.3 Å². The fourth-order valence-electron chi connectivity index (χ4n) is 4.33. The molecule has 198 valence electrons. The van der Waals surface area contributed by atoms with Crippen molar-refractivity contribution in [3.05, 3.63) is 101 Å². The van der Waals surface area contributed by atoms with Gasteiger partial charge < -0.3 is 10.1 Å². The number of carbonyl (C=O) groups is 3. The first-order valence-corrected chi connectivity index (χ1v) is 13.7. The number of hydrazone groups is 1. The van der Waals surface area contributed by atoms with Gasteiger partial charge in [0.15, 0.2) is 5.17 Å². The second kappa shape index (κ2) is 11.8. The number of nitrogens with one attached hydrogen (secondary N) is 1. The molecule has 0 aliphatic carbocycles. The number of ether oxygens (including phenoxy) is 1. The Kier molecular flexibility index (Phi) is 8.09. The van der Waals surface area contributed by atoms with Crippen LogP contribution in [0.4, 0.5) is 5.69 Å². The molecule has 2 aliphatic rings. The average Bonchev–Trinajstić information content (AvgIpc) is 3.54. The SMILES string of the molecule is CCOC(=O)c1ccc(NC(=O)C[C@@H]2SC(N3N=C(c4ccccc4)C[C@H]3c3ccc(Cl)cc3)=NC2=O)cc1. The predicted octanol–water partition coefficient (Wildman–Crippen LogP) is 5.69. The van der Waals surface area contributed by atoms with Gasteiger partial charge in [-0.25, -0.2) is 9.80 Å². The van der Waals surface area contributed by atoms with Crippen molar-refractivity contribution in [1.82, 2.24) is 5.01 Å². The van der Waals surface area contributed by atoms with Crippen LogP contribution >= 0.6 is 23.4 Å². The van der Waals surface area contributed by atoms with Crippen molar-refractivity contribution >= 4 is 57.7 Å². The minimum absolute atomic E-state index is 0.0508.